The number of ether oxygens (including phenoxy) is 1. The Balaban J connectivity index is 3.89. The minimum absolute atomic E-state index is 0.0985. The van der Waals surface area contributed by atoms with E-state index in [-0.39, 0.29) is 12.8 Å². The highest BCUT2D eigenvalue weighted by Gasteiger charge is 2.28. The lowest BCUT2D eigenvalue weighted by Gasteiger charge is -2.18. The van der Waals surface area contributed by atoms with E-state index < -0.39 is 57.6 Å². The molecule has 0 saturated heterocycles. The molecular weight excluding hydrogens is 505 g/mol. The van der Waals surface area contributed by atoms with E-state index in [0.29, 0.717) is 12.8 Å². The van der Waals surface area contributed by atoms with Crippen LogP contribution in [0.5, 0.6) is 0 Å². The van der Waals surface area contributed by atoms with E-state index in [4.69, 9.17) is 9.84 Å². The van der Waals surface area contributed by atoms with Crippen molar-refractivity contribution in [2.75, 3.05) is 19.8 Å². The number of nitrogens with one attached hydrogen (secondary N) is 1. The molecule has 3 unspecified atom stereocenters. The average Bonchev–Trinajstić information content (AvgIpc) is 2.84. The summed E-state index contributed by atoms with van der Waals surface area (Å²) in [5.41, 5.74) is 0. The summed E-state index contributed by atoms with van der Waals surface area (Å²) in [4.78, 5) is 44.2. The van der Waals surface area contributed by atoms with Crippen LogP contribution in [0.3, 0.4) is 0 Å². The number of esters is 1. The van der Waals surface area contributed by atoms with Crippen LogP contribution in [0.15, 0.2) is 0 Å². The molecule has 0 spiro atoms. The zero-order valence-electron chi connectivity index (χ0n) is 22.5. The van der Waals surface area contributed by atoms with Gasteiger partial charge >= 0.3 is 19.8 Å². The lowest BCUT2D eigenvalue weighted by atomic mass is 10.0. The number of phosphoric ester groups is 1. The van der Waals surface area contributed by atoms with Gasteiger partial charge in [0, 0.05) is 12.8 Å². The number of aliphatic hydroxyl groups is 1. The molecule has 37 heavy (non-hydrogen) atoms. The van der Waals surface area contributed by atoms with E-state index in [1.54, 1.807) is 6.92 Å². The summed E-state index contributed by atoms with van der Waals surface area (Å²) in [5.74, 6) is -2.45. The second kappa shape index (κ2) is 22.5. The van der Waals surface area contributed by atoms with Crippen LogP contribution < -0.4 is 5.32 Å². The van der Waals surface area contributed by atoms with Crippen molar-refractivity contribution < 1.29 is 47.8 Å². The molecule has 3 atom stereocenters. The molecule has 218 valence electrons. The molecule has 11 nitrogen and oxygen atoms in total. The Morgan fingerprint density at radius 1 is 0.757 bits per heavy atom. The highest BCUT2D eigenvalue weighted by molar-refractivity contribution is 7.47. The third-order valence-corrected chi connectivity index (χ3v) is 6.57. The van der Waals surface area contributed by atoms with Crippen LogP contribution in [0.4, 0.5) is 0 Å². The SMILES string of the molecule is CCCCCCCCCCCCCCC(=O)OCC(O)COP(=O)(O)OCC(NC(=O)CCC)C(=O)O. The first-order chi connectivity index (χ1) is 17.6. The number of carboxylic acids is 1. The first-order valence-electron chi connectivity index (χ1n) is 13.6. The van der Waals surface area contributed by atoms with Crippen LogP contribution >= 0.6 is 7.82 Å². The molecule has 0 radical (unpaired) electrons. The normalized spacial score (nSPS) is 14.5. The molecule has 1 amide bonds. The molecule has 0 rings (SSSR count). The van der Waals surface area contributed by atoms with Gasteiger partial charge in [-0.2, -0.15) is 0 Å². The minimum Gasteiger partial charge on any atom is -0.480 e. The van der Waals surface area contributed by atoms with Gasteiger partial charge < -0.3 is 25.2 Å². The van der Waals surface area contributed by atoms with Crippen molar-refractivity contribution >= 4 is 25.7 Å². The Labute approximate surface area is 221 Å². The maximum Gasteiger partial charge on any atom is 0.472 e. The van der Waals surface area contributed by atoms with Crippen molar-refractivity contribution in [2.45, 2.75) is 122 Å². The Morgan fingerprint density at radius 3 is 1.78 bits per heavy atom. The number of amides is 1. The number of carbonyl (C=O) groups is 3. The van der Waals surface area contributed by atoms with Gasteiger partial charge in [-0.05, 0) is 12.8 Å². The van der Waals surface area contributed by atoms with Gasteiger partial charge in [0.2, 0.25) is 5.91 Å². The van der Waals surface area contributed by atoms with E-state index in [0.717, 1.165) is 19.3 Å². The Kier molecular flexibility index (Phi) is 21.5. The molecule has 0 heterocycles. The average molecular weight is 554 g/mol. The minimum atomic E-state index is -4.70. The van der Waals surface area contributed by atoms with Crippen LogP contribution in [-0.2, 0) is 32.7 Å². The summed E-state index contributed by atoms with van der Waals surface area (Å²) in [6.07, 6.45) is 13.7. The van der Waals surface area contributed by atoms with Crippen LogP contribution in [-0.4, -0.2) is 64.9 Å². The Bertz CT molecular complexity index is 676. The van der Waals surface area contributed by atoms with Gasteiger partial charge in [0.1, 0.15) is 12.7 Å². The van der Waals surface area contributed by atoms with E-state index in [9.17, 15) is 28.9 Å². The third-order valence-electron chi connectivity index (χ3n) is 5.62. The molecule has 4 N–H and O–H groups in total. The van der Waals surface area contributed by atoms with Crippen LogP contribution in [0.25, 0.3) is 0 Å². The predicted octanol–water partition coefficient (Wildman–Crippen LogP) is 4.48. The Morgan fingerprint density at radius 2 is 1.27 bits per heavy atom. The first kappa shape index (κ1) is 35.5. The number of carboxylic acid groups (broad SMARTS) is 1. The molecule has 12 heteroatoms. The molecule has 0 aromatic rings. The van der Waals surface area contributed by atoms with E-state index in [1.165, 1.54) is 51.4 Å². The van der Waals surface area contributed by atoms with Crippen molar-refractivity contribution in [1.82, 2.24) is 5.32 Å². The van der Waals surface area contributed by atoms with Gasteiger partial charge in [0.25, 0.3) is 0 Å². The number of carbonyl (C=O) groups excluding carboxylic acids is 2. The molecule has 0 aliphatic carbocycles. The molecule has 0 aromatic carbocycles. The number of unbranched alkanes of at least 4 members (excludes halogenated alkanes) is 11. The fourth-order valence-corrected chi connectivity index (χ4v) is 4.25. The summed E-state index contributed by atoms with van der Waals surface area (Å²) in [5, 5.41) is 21.1. The fraction of sp³-hybridized carbons (Fsp3) is 0.880. The van der Waals surface area contributed by atoms with Crippen molar-refractivity contribution in [3.8, 4) is 0 Å². The topological polar surface area (TPSA) is 169 Å². The number of phosphoric acid groups is 1. The number of hydrogen-bond acceptors (Lipinski definition) is 8. The van der Waals surface area contributed by atoms with Crippen molar-refractivity contribution in [1.29, 1.82) is 0 Å². The molecule has 0 bridgehead atoms. The first-order valence-corrected chi connectivity index (χ1v) is 15.1. The number of aliphatic carboxylic acids is 1. The second-order valence-corrected chi connectivity index (χ2v) is 10.7. The predicted molar refractivity (Wildman–Crippen MR) is 139 cm³/mol. The van der Waals surface area contributed by atoms with Crippen LogP contribution in [0.2, 0.25) is 0 Å². The number of rotatable bonds is 25. The molecule has 0 aliphatic rings. The summed E-state index contributed by atoms with van der Waals surface area (Å²) in [6.45, 7) is 2.07. The van der Waals surface area contributed by atoms with Gasteiger partial charge in [-0.25, -0.2) is 9.36 Å². The van der Waals surface area contributed by atoms with Crippen LogP contribution in [0, 0.1) is 0 Å². The molecule has 0 fully saturated rings. The zero-order valence-corrected chi connectivity index (χ0v) is 23.4. The molecule has 0 saturated carbocycles. The quantitative estimate of drug-likeness (QED) is 0.0718. The monoisotopic (exact) mass is 553 g/mol. The maximum absolute atomic E-state index is 11.9. The van der Waals surface area contributed by atoms with Gasteiger partial charge in [0.15, 0.2) is 6.04 Å². The standard InChI is InChI=1S/C25H48NO10P/c1-3-5-6-7-8-9-10-11-12-13-14-15-17-24(29)34-18-21(27)19-35-37(32,33)36-20-22(25(30)31)26-23(28)16-4-2/h21-22,27H,3-20H2,1-2H3,(H,26,28)(H,30,31)(H,32,33). The largest absolute Gasteiger partial charge is 0.480 e. The molecule has 0 aliphatic heterocycles. The summed E-state index contributed by atoms with van der Waals surface area (Å²) >= 11 is 0. The highest BCUT2D eigenvalue weighted by Crippen LogP contribution is 2.43. The second-order valence-electron chi connectivity index (χ2n) is 9.24. The van der Waals surface area contributed by atoms with E-state index in [1.807, 2.05) is 0 Å². The molecular formula is C25H48NO10P. The maximum atomic E-state index is 11.9. The van der Waals surface area contributed by atoms with Gasteiger partial charge in [-0.15, -0.1) is 0 Å². The van der Waals surface area contributed by atoms with Crippen molar-refractivity contribution in [2.24, 2.45) is 0 Å². The van der Waals surface area contributed by atoms with E-state index >= 15 is 0 Å². The lowest BCUT2D eigenvalue weighted by molar-refractivity contribution is -0.147. The van der Waals surface area contributed by atoms with Gasteiger partial charge in [0.05, 0.1) is 13.2 Å². The van der Waals surface area contributed by atoms with Gasteiger partial charge in [-0.3, -0.25) is 18.6 Å². The van der Waals surface area contributed by atoms with Crippen molar-refractivity contribution in [3.63, 3.8) is 0 Å². The summed E-state index contributed by atoms with van der Waals surface area (Å²) < 4.78 is 26.1. The third kappa shape index (κ3) is 22.2. The molecule has 0 aromatic heterocycles. The van der Waals surface area contributed by atoms with Crippen molar-refractivity contribution in [3.05, 3.63) is 0 Å². The van der Waals surface area contributed by atoms with Gasteiger partial charge in [-0.1, -0.05) is 84.5 Å². The Hall–Kier alpha value is -1.52. The zero-order chi connectivity index (χ0) is 27.9. The fourth-order valence-electron chi connectivity index (χ4n) is 3.47. The lowest BCUT2D eigenvalue weighted by Crippen LogP contribution is -2.43. The highest BCUT2D eigenvalue weighted by atomic mass is 31.2. The summed E-state index contributed by atoms with van der Waals surface area (Å²) in [6, 6.07) is -1.53. The smallest absolute Gasteiger partial charge is 0.472 e. The van der Waals surface area contributed by atoms with E-state index in [2.05, 4.69) is 21.3 Å². The number of hydrogen-bond donors (Lipinski definition) is 4. The number of aliphatic hydroxyl groups excluding tert-OH is 1. The van der Waals surface area contributed by atoms with Crippen LogP contribution in [0.1, 0.15) is 110 Å². The summed E-state index contributed by atoms with van der Waals surface area (Å²) in [7, 11) is -4.70.